The number of aliphatic carboxylic acids is 2. The van der Waals surface area contributed by atoms with E-state index in [9.17, 15) is 19.8 Å². The largest absolute Gasteiger partial charge is 0.478 e. The molecule has 4 bridgehead atoms. The number of rotatable bonds is 2. The smallest absolute Gasteiger partial charge is 0.336 e. The molecule has 6 aliphatic rings. The molecule has 0 aromatic carbocycles. The molecule has 2 N–H and O–H groups in total. The average molecular weight is 324 g/mol. The molecule has 6 aliphatic carbocycles. The van der Waals surface area contributed by atoms with Gasteiger partial charge in [-0.05, 0) is 24.7 Å². The number of carbonyl (C=O) groups is 2. The highest BCUT2D eigenvalue weighted by Crippen LogP contribution is 2.29. The first kappa shape index (κ1) is 16.2. The highest BCUT2D eigenvalue weighted by molar-refractivity contribution is 6.05. The van der Waals surface area contributed by atoms with E-state index < -0.39 is 11.9 Å². The molecule has 0 aliphatic heterocycles. The topological polar surface area (TPSA) is 74.6 Å². The molecule has 0 spiro atoms. The zero-order valence-electron chi connectivity index (χ0n) is 13.2. The van der Waals surface area contributed by atoms with Crippen molar-refractivity contribution in [3.8, 4) is 0 Å². The van der Waals surface area contributed by atoms with Gasteiger partial charge in [-0.25, -0.2) is 9.59 Å². The van der Waals surface area contributed by atoms with E-state index in [-0.39, 0.29) is 28.9 Å². The Bertz CT molecular complexity index is 704. The third-order valence-electron chi connectivity index (χ3n) is 4.62. The van der Waals surface area contributed by atoms with Crippen molar-refractivity contribution in [1.82, 2.24) is 0 Å². The second kappa shape index (κ2) is 6.87. The van der Waals surface area contributed by atoms with Crippen LogP contribution >= 0.6 is 0 Å². The third kappa shape index (κ3) is 3.65. The lowest BCUT2D eigenvalue weighted by Gasteiger charge is -2.21. The summed E-state index contributed by atoms with van der Waals surface area (Å²) in [6.07, 6.45) is 21.1. The summed E-state index contributed by atoms with van der Waals surface area (Å²) in [6.45, 7) is 0. The Balaban J connectivity index is 2.10. The van der Waals surface area contributed by atoms with Crippen LogP contribution in [0.1, 0.15) is 12.8 Å². The molecular formula is C20H20O4. The predicted octanol–water partition coefficient (Wildman–Crippen LogP) is 3.52. The van der Waals surface area contributed by atoms with E-state index in [4.69, 9.17) is 0 Å². The highest BCUT2D eigenvalue weighted by atomic mass is 16.4. The van der Waals surface area contributed by atoms with Gasteiger partial charge in [0, 0.05) is 11.8 Å². The van der Waals surface area contributed by atoms with Crippen LogP contribution in [-0.4, -0.2) is 22.2 Å². The van der Waals surface area contributed by atoms with E-state index in [2.05, 4.69) is 18.2 Å². The standard InChI is InChI=1S/C20H20O4/c21-19(22)17-11-15-7-3-13(4-8-15)1-2-14-5-9-16(10-6-14)12-18(17)20(23)24/h1-5,7-9,11-16H,6,10H2,(H,21,22)(H,23,24). The number of carboxylic acid groups (broad SMARTS) is 2. The Hall–Kier alpha value is -2.62. The van der Waals surface area contributed by atoms with Gasteiger partial charge in [0.15, 0.2) is 0 Å². The van der Waals surface area contributed by atoms with Gasteiger partial charge in [0.2, 0.25) is 0 Å². The molecule has 0 saturated carbocycles. The van der Waals surface area contributed by atoms with E-state index >= 15 is 0 Å². The molecule has 0 saturated heterocycles. The summed E-state index contributed by atoms with van der Waals surface area (Å²) in [5, 5.41) is 19.0. The fourth-order valence-corrected chi connectivity index (χ4v) is 3.27. The molecule has 0 aromatic rings. The molecule has 0 fully saturated rings. The Kier molecular flexibility index (Phi) is 4.65. The van der Waals surface area contributed by atoms with Crippen LogP contribution in [0.25, 0.3) is 0 Å². The first-order valence-corrected chi connectivity index (χ1v) is 8.17. The summed E-state index contributed by atoms with van der Waals surface area (Å²) in [5.74, 6) is -2.12. The van der Waals surface area contributed by atoms with Crippen molar-refractivity contribution in [3.63, 3.8) is 0 Å². The van der Waals surface area contributed by atoms with Gasteiger partial charge in [-0.3, -0.25) is 0 Å². The lowest BCUT2D eigenvalue weighted by atomic mass is 9.84. The monoisotopic (exact) mass is 324 g/mol. The molecule has 2 unspecified atom stereocenters. The maximum Gasteiger partial charge on any atom is 0.336 e. The van der Waals surface area contributed by atoms with E-state index in [1.54, 1.807) is 6.08 Å². The van der Waals surface area contributed by atoms with Crippen molar-refractivity contribution in [3.05, 3.63) is 71.9 Å². The molecule has 0 aromatic heterocycles. The summed E-state index contributed by atoms with van der Waals surface area (Å²) >= 11 is 0. The van der Waals surface area contributed by atoms with E-state index in [0.717, 1.165) is 12.8 Å². The van der Waals surface area contributed by atoms with Crippen molar-refractivity contribution < 1.29 is 19.8 Å². The fourth-order valence-electron chi connectivity index (χ4n) is 3.27. The van der Waals surface area contributed by atoms with Gasteiger partial charge >= 0.3 is 11.9 Å². The molecular weight excluding hydrogens is 304 g/mol. The Labute approximate surface area is 140 Å². The molecule has 6 rings (SSSR count). The second-order valence-electron chi connectivity index (χ2n) is 6.37. The first-order valence-electron chi connectivity index (χ1n) is 8.17. The van der Waals surface area contributed by atoms with E-state index in [1.807, 2.05) is 30.4 Å². The summed E-state index contributed by atoms with van der Waals surface area (Å²) < 4.78 is 0. The van der Waals surface area contributed by atoms with Crippen molar-refractivity contribution in [2.75, 3.05) is 0 Å². The predicted molar refractivity (Wildman–Crippen MR) is 91.2 cm³/mol. The zero-order chi connectivity index (χ0) is 17.1. The third-order valence-corrected chi connectivity index (χ3v) is 4.62. The van der Waals surface area contributed by atoms with Crippen LogP contribution in [0.15, 0.2) is 71.9 Å². The van der Waals surface area contributed by atoms with Crippen LogP contribution in [0.4, 0.5) is 0 Å². The van der Waals surface area contributed by atoms with Crippen LogP contribution in [0.3, 0.4) is 0 Å². The lowest BCUT2D eigenvalue weighted by Crippen LogP contribution is -2.16. The van der Waals surface area contributed by atoms with Crippen LogP contribution < -0.4 is 0 Å². The van der Waals surface area contributed by atoms with Crippen molar-refractivity contribution in [2.24, 2.45) is 23.7 Å². The summed E-state index contributed by atoms with van der Waals surface area (Å²) in [5.41, 5.74) is -0.282. The van der Waals surface area contributed by atoms with Crippen molar-refractivity contribution in [2.45, 2.75) is 12.8 Å². The maximum atomic E-state index is 11.6. The second-order valence-corrected chi connectivity index (χ2v) is 6.37. The number of hydrogen-bond acceptors (Lipinski definition) is 2. The molecule has 4 nitrogen and oxygen atoms in total. The number of allylic oxidation sites excluding steroid dienone is 10. The van der Waals surface area contributed by atoms with Gasteiger partial charge in [-0.1, -0.05) is 60.8 Å². The minimum atomic E-state index is -1.21. The molecule has 4 heteroatoms. The Morgan fingerprint density at radius 3 is 1.71 bits per heavy atom. The Morgan fingerprint density at radius 1 is 0.667 bits per heavy atom. The zero-order valence-corrected chi connectivity index (χ0v) is 13.2. The van der Waals surface area contributed by atoms with E-state index in [0.29, 0.717) is 5.92 Å². The lowest BCUT2D eigenvalue weighted by molar-refractivity contribution is -0.136. The maximum absolute atomic E-state index is 11.6. The fraction of sp³-hybridized carbons (Fsp3) is 0.300. The van der Waals surface area contributed by atoms with Gasteiger partial charge < -0.3 is 10.2 Å². The quantitative estimate of drug-likeness (QED) is 0.762. The van der Waals surface area contributed by atoms with Gasteiger partial charge in [0.25, 0.3) is 0 Å². The van der Waals surface area contributed by atoms with Crippen molar-refractivity contribution in [1.29, 1.82) is 0 Å². The molecule has 124 valence electrons. The molecule has 0 amide bonds. The van der Waals surface area contributed by atoms with Gasteiger partial charge in [-0.15, -0.1) is 0 Å². The molecule has 2 atom stereocenters. The van der Waals surface area contributed by atoms with Gasteiger partial charge in [0.05, 0.1) is 11.1 Å². The van der Waals surface area contributed by atoms with Crippen LogP contribution in [0, 0.1) is 23.7 Å². The minimum absolute atomic E-state index is 0.0466. The van der Waals surface area contributed by atoms with Gasteiger partial charge in [-0.2, -0.15) is 0 Å². The summed E-state index contributed by atoms with van der Waals surface area (Å²) in [7, 11) is 0. The molecule has 0 radical (unpaired) electrons. The average Bonchev–Trinajstić information content (AvgIpc) is 2.58. The number of hydrogen-bond donors (Lipinski definition) is 2. The Morgan fingerprint density at radius 2 is 1.12 bits per heavy atom. The normalized spacial score (nSPS) is 31.5. The summed E-state index contributed by atoms with van der Waals surface area (Å²) in [4.78, 5) is 23.3. The van der Waals surface area contributed by atoms with E-state index in [1.165, 1.54) is 6.08 Å². The van der Waals surface area contributed by atoms with Crippen LogP contribution in [0.5, 0.6) is 0 Å². The SMILES string of the molecule is O=C(O)C1=CC2C=CC(C=C2)C=CC2C=CC(C=C1C(=O)O)CC2. The van der Waals surface area contributed by atoms with Crippen LogP contribution in [0.2, 0.25) is 0 Å². The molecule has 0 heterocycles. The number of carboxylic acids is 2. The highest BCUT2D eigenvalue weighted by Gasteiger charge is 2.24. The van der Waals surface area contributed by atoms with Crippen LogP contribution in [-0.2, 0) is 9.59 Å². The molecule has 24 heavy (non-hydrogen) atoms. The summed E-state index contributed by atoms with van der Waals surface area (Å²) in [6, 6.07) is 0. The minimum Gasteiger partial charge on any atom is -0.478 e. The van der Waals surface area contributed by atoms with Gasteiger partial charge in [0.1, 0.15) is 0 Å². The first-order chi connectivity index (χ1) is 11.5. The van der Waals surface area contributed by atoms with Crippen molar-refractivity contribution >= 4 is 11.9 Å².